The third kappa shape index (κ3) is 1.12. The summed E-state index contributed by atoms with van der Waals surface area (Å²) in [4.78, 5) is 10.2. The van der Waals surface area contributed by atoms with Gasteiger partial charge in [-0.05, 0) is 43.4 Å². The lowest BCUT2D eigenvalue weighted by Crippen LogP contribution is -2.12. The minimum absolute atomic E-state index is 0.689. The fraction of sp³-hybridized carbons (Fsp3) is 0.727. The Morgan fingerprint density at radius 1 is 1.50 bits per heavy atom. The van der Waals surface area contributed by atoms with Crippen molar-refractivity contribution in [3.05, 3.63) is 12.2 Å². The molecule has 2 rings (SSSR count). The second kappa shape index (κ2) is 3.04. The van der Waals surface area contributed by atoms with Crippen LogP contribution in [0.25, 0.3) is 0 Å². The molecule has 0 aliphatic heterocycles. The van der Waals surface area contributed by atoms with E-state index in [1.807, 2.05) is 0 Å². The lowest BCUT2D eigenvalue weighted by atomic mass is 9.82. The number of allylic oxidation sites excluding steroid dienone is 1. The number of carbonyl (C=O) groups is 1. The highest BCUT2D eigenvalue weighted by Gasteiger charge is 2.41. The number of rotatable bonds is 3. The van der Waals surface area contributed by atoms with Crippen molar-refractivity contribution in [1.29, 1.82) is 0 Å². The van der Waals surface area contributed by atoms with Crippen LogP contribution in [0.2, 0.25) is 0 Å². The van der Waals surface area contributed by atoms with Crippen LogP contribution in [0.1, 0.15) is 32.1 Å². The molecule has 0 radical (unpaired) electrons. The van der Waals surface area contributed by atoms with E-state index < -0.39 is 0 Å². The van der Waals surface area contributed by atoms with E-state index in [2.05, 4.69) is 6.58 Å². The van der Waals surface area contributed by atoms with Gasteiger partial charge in [-0.25, -0.2) is 0 Å². The predicted molar refractivity (Wildman–Crippen MR) is 48.8 cm³/mol. The summed E-state index contributed by atoms with van der Waals surface area (Å²) in [5, 5.41) is 0. The van der Waals surface area contributed by atoms with E-state index in [-0.39, 0.29) is 0 Å². The van der Waals surface area contributed by atoms with Crippen molar-refractivity contribution in [2.24, 2.45) is 17.8 Å². The zero-order valence-electron chi connectivity index (χ0n) is 7.46. The Morgan fingerprint density at radius 3 is 2.92 bits per heavy atom. The van der Waals surface area contributed by atoms with Gasteiger partial charge in [0.1, 0.15) is 6.29 Å². The average molecular weight is 164 g/mol. The van der Waals surface area contributed by atoms with Gasteiger partial charge in [-0.1, -0.05) is 12.2 Å². The van der Waals surface area contributed by atoms with E-state index in [0.29, 0.717) is 5.92 Å². The van der Waals surface area contributed by atoms with E-state index in [0.717, 1.165) is 31.0 Å². The van der Waals surface area contributed by atoms with Crippen LogP contribution in [0.3, 0.4) is 0 Å². The summed E-state index contributed by atoms with van der Waals surface area (Å²) in [6.45, 7) is 4.16. The monoisotopic (exact) mass is 164 g/mol. The van der Waals surface area contributed by atoms with Gasteiger partial charge < -0.3 is 4.79 Å². The van der Waals surface area contributed by atoms with Crippen molar-refractivity contribution in [3.8, 4) is 0 Å². The molecule has 12 heavy (non-hydrogen) atoms. The van der Waals surface area contributed by atoms with Gasteiger partial charge >= 0.3 is 0 Å². The topological polar surface area (TPSA) is 17.1 Å². The van der Waals surface area contributed by atoms with Gasteiger partial charge in [0, 0.05) is 6.42 Å². The van der Waals surface area contributed by atoms with Crippen molar-refractivity contribution in [1.82, 2.24) is 0 Å². The van der Waals surface area contributed by atoms with E-state index in [9.17, 15) is 4.79 Å². The zero-order chi connectivity index (χ0) is 8.55. The molecule has 1 heteroatoms. The van der Waals surface area contributed by atoms with Gasteiger partial charge in [0.25, 0.3) is 0 Å². The van der Waals surface area contributed by atoms with Gasteiger partial charge in [0.2, 0.25) is 0 Å². The number of hydrogen-bond donors (Lipinski definition) is 0. The fourth-order valence-corrected chi connectivity index (χ4v) is 2.99. The number of hydrogen-bond acceptors (Lipinski definition) is 1. The molecule has 0 spiro atoms. The smallest absolute Gasteiger partial charge is 0.120 e. The maximum absolute atomic E-state index is 10.2. The van der Waals surface area contributed by atoms with Crippen LogP contribution < -0.4 is 0 Å². The molecule has 2 bridgehead atoms. The lowest BCUT2D eigenvalue weighted by molar-refractivity contribution is -0.108. The van der Waals surface area contributed by atoms with Gasteiger partial charge in [0.15, 0.2) is 0 Å². The van der Waals surface area contributed by atoms with Crippen LogP contribution >= 0.6 is 0 Å². The second-order valence-corrected chi connectivity index (χ2v) is 4.20. The summed E-state index contributed by atoms with van der Waals surface area (Å²) < 4.78 is 0. The molecule has 0 heterocycles. The van der Waals surface area contributed by atoms with Crippen molar-refractivity contribution in [3.63, 3.8) is 0 Å². The largest absolute Gasteiger partial charge is 0.303 e. The molecule has 2 fully saturated rings. The normalized spacial score (nSPS) is 39.0. The second-order valence-electron chi connectivity index (χ2n) is 4.20. The Labute approximate surface area is 73.8 Å². The van der Waals surface area contributed by atoms with E-state index in [1.54, 1.807) is 0 Å². The molecule has 0 saturated heterocycles. The molecule has 66 valence electrons. The molecule has 0 aromatic heterocycles. The quantitative estimate of drug-likeness (QED) is 0.463. The van der Waals surface area contributed by atoms with Gasteiger partial charge in [0.05, 0.1) is 0 Å². The summed E-state index contributed by atoms with van der Waals surface area (Å²) in [6, 6.07) is 0. The zero-order valence-corrected chi connectivity index (χ0v) is 7.46. The van der Waals surface area contributed by atoms with Crippen molar-refractivity contribution >= 4 is 6.29 Å². The van der Waals surface area contributed by atoms with Crippen molar-refractivity contribution in [2.75, 3.05) is 0 Å². The van der Waals surface area contributed by atoms with E-state index in [4.69, 9.17) is 0 Å². The maximum Gasteiger partial charge on any atom is 0.120 e. The number of aldehydes is 1. The molecule has 2 saturated carbocycles. The molecule has 0 aromatic carbocycles. The Kier molecular flexibility index (Phi) is 2.03. The predicted octanol–water partition coefficient (Wildman–Crippen LogP) is 2.57. The molecule has 2 aliphatic carbocycles. The Morgan fingerprint density at radius 2 is 2.33 bits per heavy atom. The SMILES string of the molecule is C=C1C2CCC(C2)C1CCC=O. The first-order valence-electron chi connectivity index (χ1n) is 4.95. The standard InChI is InChI=1S/C11H16O/c1-8-9-4-5-10(7-9)11(8)3-2-6-12/h6,9-11H,1-5,7H2. The van der Waals surface area contributed by atoms with E-state index in [1.165, 1.54) is 24.8 Å². The summed E-state index contributed by atoms with van der Waals surface area (Å²) in [7, 11) is 0. The highest BCUT2D eigenvalue weighted by Crippen LogP contribution is 2.52. The van der Waals surface area contributed by atoms with Crippen LogP contribution in [0, 0.1) is 17.8 Å². The average Bonchev–Trinajstić information content (AvgIpc) is 2.62. The van der Waals surface area contributed by atoms with E-state index >= 15 is 0 Å². The first kappa shape index (κ1) is 8.03. The molecule has 0 N–H and O–H groups in total. The molecular weight excluding hydrogens is 148 g/mol. The first-order valence-corrected chi connectivity index (χ1v) is 4.95. The molecular formula is C11H16O. The van der Waals surface area contributed by atoms with Crippen LogP contribution in [0.5, 0.6) is 0 Å². The molecule has 3 unspecified atom stereocenters. The van der Waals surface area contributed by atoms with Crippen molar-refractivity contribution < 1.29 is 4.79 Å². The van der Waals surface area contributed by atoms with Gasteiger partial charge in [-0.15, -0.1) is 0 Å². The Bertz CT molecular complexity index is 207. The molecule has 0 aromatic rings. The van der Waals surface area contributed by atoms with Crippen molar-refractivity contribution in [2.45, 2.75) is 32.1 Å². The highest BCUT2D eigenvalue weighted by molar-refractivity contribution is 5.49. The summed E-state index contributed by atoms with van der Waals surface area (Å²) in [6.07, 6.45) is 6.94. The van der Waals surface area contributed by atoms with Gasteiger partial charge in [-0.2, -0.15) is 0 Å². The summed E-state index contributed by atoms with van der Waals surface area (Å²) >= 11 is 0. The maximum atomic E-state index is 10.2. The highest BCUT2D eigenvalue weighted by atomic mass is 16.1. The first-order chi connectivity index (χ1) is 5.83. The summed E-state index contributed by atoms with van der Waals surface area (Å²) in [5.41, 5.74) is 1.45. The summed E-state index contributed by atoms with van der Waals surface area (Å²) in [5.74, 6) is 2.38. The molecule has 3 atom stereocenters. The van der Waals surface area contributed by atoms with Crippen LogP contribution in [-0.2, 0) is 4.79 Å². The Balaban J connectivity index is 1.98. The molecule has 0 amide bonds. The molecule has 2 aliphatic rings. The lowest BCUT2D eigenvalue weighted by Gasteiger charge is -2.23. The fourth-order valence-electron chi connectivity index (χ4n) is 2.99. The van der Waals surface area contributed by atoms with Crippen LogP contribution in [-0.4, -0.2) is 6.29 Å². The Hall–Kier alpha value is -0.590. The third-order valence-electron chi connectivity index (χ3n) is 3.64. The number of carbonyl (C=O) groups excluding carboxylic acids is 1. The minimum atomic E-state index is 0.689. The van der Waals surface area contributed by atoms with Gasteiger partial charge in [-0.3, -0.25) is 0 Å². The van der Waals surface area contributed by atoms with Crippen LogP contribution in [0.4, 0.5) is 0 Å². The third-order valence-corrected chi connectivity index (χ3v) is 3.64. The van der Waals surface area contributed by atoms with Crippen LogP contribution in [0.15, 0.2) is 12.2 Å². The molecule has 1 nitrogen and oxygen atoms in total. The minimum Gasteiger partial charge on any atom is -0.303 e. The number of fused-ring (bicyclic) bond motifs is 2.